The van der Waals surface area contributed by atoms with Gasteiger partial charge in [0.1, 0.15) is 23.5 Å². The molecule has 2 heterocycles. The smallest absolute Gasteiger partial charge is 0.336 e. The van der Waals surface area contributed by atoms with Gasteiger partial charge in [-0.05, 0) is 24.6 Å². The lowest BCUT2D eigenvalue weighted by atomic mass is 10.1. The highest BCUT2D eigenvalue weighted by Crippen LogP contribution is 2.35. The van der Waals surface area contributed by atoms with Gasteiger partial charge >= 0.3 is 5.63 Å². The summed E-state index contributed by atoms with van der Waals surface area (Å²) in [6.07, 6.45) is 2.25. The Labute approximate surface area is 201 Å². The van der Waals surface area contributed by atoms with Crippen molar-refractivity contribution in [2.75, 3.05) is 26.1 Å². The van der Waals surface area contributed by atoms with E-state index in [-0.39, 0.29) is 20.4 Å². The maximum absolute atomic E-state index is 11.8. The van der Waals surface area contributed by atoms with E-state index in [1.165, 1.54) is 36.6 Å². The predicted octanol–water partition coefficient (Wildman–Crippen LogP) is 4.06. The van der Waals surface area contributed by atoms with Crippen LogP contribution in [0, 0.1) is 6.92 Å². The van der Waals surface area contributed by atoms with Gasteiger partial charge in [0.25, 0.3) is 0 Å². The molecule has 0 N–H and O–H groups in total. The van der Waals surface area contributed by atoms with Gasteiger partial charge in [-0.25, -0.2) is 4.79 Å². The van der Waals surface area contributed by atoms with E-state index in [0.29, 0.717) is 17.1 Å². The lowest BCUT2D eigenvalue weighted by molar-refractivity contribution is -0.207. The van der Waals surface area contributed by atoms with Crippen molar-refractivity contribution < 1.29 is 37.6 Å². The average Bonchev–Trinajstić information content (AvgIpc) is 2.81. The maximum atomic E-state index is 11.8. The fourth-order valence-corrected chi connectivity index (χ4v) is 4.65. The summed E-state index contributed by atoms with van der Waals surface area (Å²) in [7, 11) is 0. The topological polar surface area (TPSA) is 94.8 Å². The van der Waals surface area contributed by atoms with E-state index in [1.807, 2.05) is 19.1 Å². The minimum absolute atomic E-state index is 0.00135. The first kappa shape index (κ1) is 25.7. The number of rotatable bonds is 14. The van der Waals surface area contributed by atoms with Gasteiger partial charge in [0, 0.05) is 23.3 Å². The van der Waals surface area contributed by atoms with Crippen molar-refractivity contribution in [1.29, 1.82) is 0 Å². The molecule has 9 nitrogen and oxygen atoms in total. The van der Waals surface area contributed by atoms with Gasteiger partial charge < -0.3 is 37.6 Å². The first-order chi connectivity index (χ1) is 16.6. The van der Waals surface area contributed by atoms with Crippen LogP contribution in [0.2, 0.25) is 0 Å². The van der Waals surface area contributed by atoms with Crippen LogP contribution < -0.4 is 10.4 Å². The fraction of sp³-hybridized carbons (Fsp3) is 0.375. The number of ether oxygens (including phenoxy) is 7. The van der Waals surface area contributed by atoms with E-state index in [0.717, 1.165) is 10.9 Å². The molecule has 184 valence electrons. The van der Waals surface area contributed by atoms with Crippen LogP contribution in [0.3, 0.4) is 0 Å². The van der Waals surface area contributed by atoms with Gasteiger partial charge in [0.15, 0.2) is 25.8 Å². The highest BCUT2D eigenvalue weighted by Gasteiger charge is 2.44. The highest BCUT2D eigenvalue weighted by molar-refractivity contribution is 7.99. The standard InChI is InChI=1S/C24H28O9S/c1-5-26-13-29-20-12-34-24(23(31-15-28-7-3)22(20)30-14-27-6-2)32-17-8-9-18-16(4)10-21(25)33-19(18)11-17/h5-11,20,22-24H,1-3,12-15H2,4H3/t20-,22+,23-,24-/m1/s1. The molecule has 0 bridgehead atoms. The van der Waals surface area contributed by atoms with Crippen LogP contribution in [0.1, 0.15) is 5.56 Å². The van der Waals surface area contributed by atoms with Crippen LogP contribution in [-0.4, -0.2) is 49.9 Å². The molecule has 3 rings (SSSR count). The van der Waals surface area contributed by atoms with E-state index in [4.69, 9.17) is 37.6 Å². The molecule has 0 saturated carbocycles. The average molecular weight is 493 g/mol. The van der Waals surface area contributed by atoms with Gasteiger partial charge in [0.2, 0.25) is 0 Å². The summed E-state index contributed by atoms with van der Waals surface area (Å²) in [6, 6.07) is 6.79. The van der Waals surface area contributed by atoms with E-state index in [1.54, 1.807) is 6.07 Å². The number of fused-ring (bicyclic) bond motifs is 1. The minimum atomic E-state index is -0.624. The molecule has 0 spiro atoms. The number of benzene rings is 1. The Balaban J connectivity index is 1.83. The molecular weight excluding hydrogens is 464 g/mol. The maximum Gasteiger partial charge on any atom is 0.336 e. The third kappa shape index (κ3) is 6.80. The zero-order valence-electron chi connectivity index (χ0n) is 18.9. The third-order valence-electron chi connectivity index (χ3n) is 4.92. The van der Waals surface area contributed by atoms with Crippen molar-refractivity contribution in [1.82, 2.24) is 0 Å². The predicted molar refractivity (Wildman–Crippen MR) is 127 cm³/mol. The van der Waals surface area contributed by atoms with Crippen molar-refractivity contribution in [2.24, 2.45) is 0 Å². The molecule has 1 aromatic carbocycles. The number of aryl methyl sites for hydroxylation is 1. The third-order valence-corrected chi connectivity index (χ3v) is 6.13. The van der Waals surface area contributed by atoms with Crippen molar-refractivity contribution in [2.45, 2.75) is 30.7 Å². The Bertz CT molecular complexity index is 1020. The summed E-state index contributed by atoms with van der Waals surface area (Å²) >= 11 is 1.48. The lowest BCUT2D eigenvalue weighted by Crippen LogP contribution is -2.54. The Kier molecular flexibility index (Phi) is 9.89. The molecule has 0 radical (unpaired) electrons. The van der Waals surface area contributed by atoms with Gasteiger partial charge in [-0.15, -0.1) is 11.8 Å². The van der Waals surface area contributed by atoms with E-state index in [9.17, 15) is 4.79 Å². The summed E-state index contributed by atoms with van der Waals surface area (Å²) in [5, 5.41) is 0.828. The normalized spacial score (nSPS) is 22.0. The molecule has 34 heavy (non-hydrogen) atoms. The summed E-state index contributed by atoms with van der Waals surface area (Å²) in [5.74, 6) is 1.03. The SMILES string of the molecule is C=COCO[C@@H]1[C@@H](OCOC=C)[C@H](OCOC=C)CS[C@H]1Oc1ccc2c(C)cc(=O)oc2c1. The van der Waals surface area contributed by atoms with Crippen LogP contribution in [0.4, 0.5) is 0 Å². The molecule has 10 heteroatoms. The second-order valence-electron chi connectivity index (χ2n) is 7.05. The Morgan fingerprint density at radius 2 is 1.62 bits per heavy atom. The van der Waals surface area contributed by atoms with Gasteiger partial charge in [-0.2, -0.15) is 0 Å². The summed E-state index contributed by atoms with van der Waals surface area (Å²) in [4.78, 5) is 11.8. The Hall–Kier alpha value is -2.92. The van der Waals surface area contributed by atoms with Crippen LogP contribution in [0.5, 0.6) is 5.75 Å². The molecule has 0 amide bonds. The second-order valence-corrected chi connectivity index (χ2v) is 8.18. The van der Waals surface area contributed by atoms with E-state index in [2.05, 4.69) is 19.7 Å². The fourth-order valence-electron chi connectivity index (χ4n) is 3.38. The van der Waals surface area contributed by atoms with Crippen LogP contribution >= 0.6 is 11.8 Å². The zero-order valence-corrected chi connectivity index (χ0v) is 19.7. The van der Waals surface area contributed by atoms with Crippen molar-refractivity contribution in [3.05, 3.63) is 78.8 Å². The molecular formula is C24H28O9S. The van der Waals surface area contributed by atoms with Gasteiger partial charge in [0.05, 0.1) is 24.9 Å². The first-order valence-corrected chi connectivity index (χ1v) is 11.5. The minimum Gasteiger partial charge on any atom is -0.477 e. The van der Waals surface area contributed by atoms with Crippen LogP contribution in [0.15, 0.2) is 72.0 Å². The second kappa shape index (κ2) is 13.1. The number of hydrogen-bond acceptors (Lipinski definition) is 10. The number of thioether (sulfide) groups is 1. The van der Waals surface area contributed by atoms with E-state index < -0.39 is 29.4 Å². The lowest BCUT2D eigenvalue weighted by Gasteiger charge is -2.40. The molecule has 1 aliphatic heterocycles. The molecule has 1 fully saturated rings. The van der Waals surface area contributed by atoms with Crippen molar-refractivity contribution >= 4 is 22.7 Å². The monoisotopic (exact) mass is 492 g/mol. The summed E-state index contributed by atoms with van der Waals surface area (Å²) in [6.45, 7) is 12.3. The van der Waals surface area contributed by atoms with E-state index >= 15 is 0 Å². The van der Waals surface area contributed by atoms with Crippen LogP contribution in [0.25, 0.3) is 11.0 Å². The molecule has 0 unspecified atom stereocenters. The Morgan fingerprint density at radius 1 is 0.971 bits per heavy atom. The first-order valence-electron chi connectivity index (χ1n) is 10.4. The molecule has 1 aromatic heterocycles. The summed E-state index contributed by atoms with van der Waals surface area (Å²) < 4.78 is 44.7. The largest absolute Gasteiger partial charge is 0.477 e. The number of hydrogen-bond donors (Lipinski definition) is 0. The molecule has 0 aliphatic carbocycles. The highest BCUT2D eigenvalue weighted by atomic mass is 32.2. The van der Waals surface area contributed by atoms with Crippen molar-refractivity contribution in [3.8, 4) is 5.75 Å². The van der Waals surface area contributed by atoms with Gasteiger partial charge in [-0.3, -0.25) is 0 Å². The quantitative estimate of drug-likeness (QED) is 0.166. The zero-order chi connectivity index (χ0) is 24.3. The Morgan fingerprint density at radius 3 is 2.29 bits per heavy atom. The molecule has 2 aromatic rings. The van der Waals surface area contributed by atoms with Crippen LogP contribution in [-0.2, 0) is 28.4 Å². The summed E-state index contributed by atoms with van der Waals surface area (Å²) in [5.41, 5.74) is 0.335. The molecule has 1 saturated heterocycles. The molecule has 1 aliphatic rings. The van der Waals surface area contributed by atoms with Crippen molar-refractivity contribution in [3.63, 3.8) is 0 Å². The molecule has 4 atom stereocenters. The van der Waals surface area contributed by atoms with Gasteiger partial charge in [-0.1, -0.05) is 19.7 Å².